The zero-order chi connectivity index (χ0) is 20.8. The summed E-state index contributed by atoms with van der Waals surface area (Å²) in [4.78, 5) is 12.4. The second-order valence-corrected chi connectivity index (χ2v) is 5.12. The van der Waals surface area contributed by atoms with Crippen LogP contribution >= 0.6 is 0 Å². The average Bonchev–Trinajstić information content (AvgIpc) is 2.50. The lowest BCUT2D eigenvalue weighted by Gasteiger charge is -2.32. The molecule has 0 aliphatic rings. The predicted molar refractivity (Wildman–Crippen MR) is 69.1 cm³/mol. The minimum Gasteiger partial charge on any atom is -0.395 e. The largest absolute Gasteiger partial charge is 0.460 e. The summed E-state index contributed by atoms with van der Waals surface area (Å²) in [6.45, 7) is -1.30. The Balaban J connectivity index is 4.87. The van der Waals surface area contributed by atoms with Crippen LogP contribution < -0.4 is 5.32 Å². The van der Waals surface area contributed by atoms with Gasteiger partial charge in [0, 0.05) is 19.6 Å². The Labute approximate surface area is 141 Å². The monoisotopic (exact) mass is 408 g/mol. The van der Waals surface area contributed by atoms with E-state index in [1.807, 2.05) is 0 Å². The highest BCUT2D eigenvalue weighted by atomic mass is 19.4. The normalized spacial score (nSPS) is 14.0. The number of carbonyl (C=O) groups is 1. The van der Waals surface area contributed by atoms with Crippen LogP contribution in [0.1, 0.15) is 6.42 Å². The van der Waals surface area contributed by atoms with E-state index in [4.69, 9.17) is 10.2 Å². The third-order valence-electron chi connectivity index (χ3n) is 3.20. The molecule has 0 aliphatic heterocycles. The van der Waals surface area contributed by atoms with Crippen LogP contribution in [-0.4, -0.2) is 84.4 Å². The number of amides is 1. The first kappa shape index (κ1) is 24.7. The molecule has 0 unspecified atom stereocenters. The van der Waals surface area contributed by atoms with Gasteiger partial charge in [-0.25, -0.2) is 0 Å². The van der Waals surface area contributed by atoms with Crippen LogP contribution in [0.5, 0.6) is 0 Å². The number of aliphatic hydroxyl groups is 2. The molecule has 0 heterocycles. The predicted octanol–water partition coefficient (Wildman–Crippen LogP) is 1.25. The van der Waals surface area contributed by atoms with Crippen LogP contribution in [0.4, 0.5) is 39.5 Å². The fourth-order valence-electron chi connectivity index (χ4n) is 1.75. The summed E-state index contributed by atoms with van der Waals surface area (Å²) in [7, 11) is 0. The van der Waals surface area contributed by atoms with E-state index >= 15 is 0 Å². The molecule has 26 heavy (non-hydrogen) atoms. The Hall–Kier alpha value is -1.28. The van der Waals surface area contributed by atoms with Crippen LogP contribution in [-0.2, 0) is 4.79 Å². The molecule has 3 N–H and O–H groups in total. The number of alkyl halides is 9. The topological polar surface area (TPSA) is 72.8 Å². The highest BCUT2D eigenvalue weighted by Gasteiger charge is 2.83. The maximum atomic E-state index is 13.2. The average molecular weight is 408 g/mol. The summed E-state index contributed by atoms with van der Waals surface area (Å²) >= 11 is 0. The van der Waals surface area contributed by atoms with Crippen LogP contribution in [0.15, 0.2) is 0 Å². The lowest BCUT2D eigenvalue weighted by molar-refractivity contribution is -0.388. The number of hydrogen-bond donors (Lipinski definition) is 3. The summed E-state index contributed by atoms with van der Waals surface area (Å²) in [6, 6.07) is 0. The number of carbonyl (C=O) groups excluding carboxylic acids is 1. The molecule has 0 bridgehead atoms. The van der Waals surface area contributed by atoms with Gasteiger partial charge in [0.2, 0.25) is 0 Å². The molecule has 0 atom stereocenters. The van der Waals surface area contributed by atoms with Crippen molar-refractivity contribution in [3.05, 3.63) is 0 Å². The fourth-order valence-corrected chi connectivity index (χ4v) is 1.75. The van der Waals surface area contributed by atoms with E-state index in [2.05, 4.69) is 0 Å². The molecule has 0 aromatic rings. The molecule has 0 fully saturated rings. The lowest BCUT2D eigenvalue weighted by atomic mass is 10.0. The zero-order valence-electron chi connectivity index (χ0n) is 13.1. The van der Waals surface area contributed by atoms with Crippen molar-refractivity contribution >= 4 is 5.91 Å². The number of rotatable bonds is 11. The number of nitrogens with one attached hydrogen (secondary N) is 1. The van der Waals surface area contributed by atoms with E-state index in [1.54, 1.807) is 0 Å². The highest BCUT2D eigenvalue weighted by molar-refractivity contribution is 5.84. The molecule has 0 saturated heterocycles. The van der Waals surface area contributed by atoms with Gasteiger partial charge < -0.3 is 15.5 Å². The maximum Gasteiger partial charge on any atom is 0.460 e. The van der Waals surface area contributed by atoms with Gasteiger partial charge in [0.15, 0.2) is 0 Å². The molecule has 5 nitrogen and oxygen atoms in total. The van der Waals surface area contributed by atoms with Crippen molar-refractivity contribution in [2.24, 2.45) is 0 Å². The van der Waals surface area contributed by atoms with Crippen molar-refractivity contribution in [3.8, 4) is 0 Å². The minimum absolute atomic E-state index is 0.0118. The molecule has 0 aliphatic carbocycles. The second kappa shape index (κ2) is 9.08. The van der Waals surface area contributed by atoms with Gasteiger partial charge in [0.25, 0.3) is 5.91 Å². The van der Waals surface area contributed by atoms with Gasteiger partial charge in [-0.3, -0.25) is 9.69 Å². The smallest absolute Gasteiger partial charge is 0.395 e. The number of hydrogen-bond acceptors (Lipinski definition) is 4. The fraction of sp³-hybridized carbons (Fsp3) is 0.917. The quantitative estimate of drug-likeness (QED) is 0.356. The Morgan fingerprint density at radius 3 is 1.65 bits per heavy atom. The number of nitrogens with zero attached hydrogens (tertiary/aromatic N) is 1. The third kappa shape index (κ3) is 5.36. The molecule has 1 amide bonds. The first-order valence-corrected chi connectivity index (χ1v) is 7.09. The highest BCUT2D eigenvalue weighted by Crippen LogP contribution is 2.53. The molecule has 156 valence electrons. The summed E-state index contributed by atoms with van der Waals surface area (Å²) in [6.07, 6.45) is -7.18. The van der Waals surface area contributed by atoms with Gasteiger partial charge in [-0.15, -0.1) is 0 Å². The van der Waals surface area contributed by atoms with E-state index in [1.165, 1.54) is 10.2 Å². The number of halogens is 9. The van der Waals surface area contributed by atoms with E-state index in [0.717, 1.165) is 0 Å². The Morgan fingerprint density at radius 2 is 1.27 bits per heavy atom. The Morgan fingerprint density at radius 1 is 0.808 bits per heavy atom. The molecule has 14 heteroatoms. The van der Waals surface area contributed by atoms with Gasteiger partial charge in [-0.2, -0.15) is 39.5 Å². The van der Waals surface area contributed by atoms with Gasteiger partial charge in [-0.05, 0) is 13.0 Å². The Kier molecular flexibility index (Phi) is 8.63. The molecular weight excluding hydrogens is 391 g/mol. The van der Waals surface area contributed by atoms with E-state index in [-0.39, 0.29) is 39.3 Å². The molecule has 0 rings (SSSR count). The summed E-state index contributed by atoms with van der Waals surface area (Å²) in [5.41, 5.74) is 0. The van der Waals surface area contributed by atoms with Crippen LogP contribution in [0, 0.1) is 0 Å². The summed E-state index contributed by atoms with van der Waals surface area (Å²) in [5.74, 6) is -23.4. The van der Waals surface area contributed by atoms with Gasteiger partial charge in [-0.1, -0.05) is 0 Å². The molecule has 0 spiro atoms. The molecule has 0 aromatic heterocycles. The second-order valence-electron chi connectivity index (χ2n) is 5.12. The maximum absolute atomic E-state index is 13.2. The SMILES string of the molecule is O=C(NCCCN(CCO)CCO)C(F)(F)C(F)(F)C(F)(F)C(F)(F)F. The zero-order valence-corrected chi connectivity index (χ0v) is 13.1. The van der Waals surface area contributed by atoms with Gasteiger partial charge >= 0.3 is 23.9 Å². The first-order chi connectivity index (χ1) is 11.7. The van der Waals surface area contributed by atoms with E-state index < -0.39 is 36.4 Å². The van der Waals surface area contributed by atoms with Gasteiger partial charge in [0.1, 0.15) is 0 Å². The third-order valence-corrected chi connectivity index (χ3v) is 3.20. The lowest BCUT2D eigenvalue weighted by Crippen LogP contribution is -2.65. The van der Waals surface area contributed by atoms with Crippen molar-refractivity contribution < 1.29 is 54.5 Å². The van der Waals surface area contributed by atoms with Crippen LogP contribution in [0.25, 0.3) is 0 Å². The van der Waals surface area contributed by atoms with Crippen LogP contribution in [0.2, 0.25) is 0 Å². The van der Waals surface area contributed by atoms with E-state index in [0.29, 0.717) is 0 Å². The van der Waals surface area contributed by atoms with Crippen molar-refractivity contribution in [1.29, 1.82) is 0 Å². The Bertz CT molecular complexity index is 452. The molecule has 0 aromatic carbocycles. The minimum atomic E-state index is -7.13. The standard InChI is InChI=1S/C12H17F9N2O3/c13-9(14,10(15,16)11(17,18)12(19,20)21)8(26)22-2-1-3-23(4-6-24)5-7-25/h24-25H,1-7H2,(H,22,26). The summed E-state index contributed by atoms with van der Waals surface area (Å²) in [5, 5.41) is 18.6. The van der Waals surface area contributed by atoms with Crippen molar-refractivity contribution in [1.82, 2.24) is 10.2 Å². The number of aliphatic hydroxyl groups excluding tert-OH is 2. The molecule has 0 radical (unpaired) electrons. The molecular formula is C12H17F9N2O3. The van der Waals surface area contributed by atoms with Crippen LogP contribution in [0.3, 0.4) is 0 Å². The van der Waals surface area contributed by atoms with Crippen molar-refractivity contribution in [2.75, 3.05) is 39.4 Å². The summed E-state index contributed by atoms with van der Waals surface area (Å²) < 4.78 is 114. The van der Waals surface area contributed by atoms with Crippen molar-refractivity contribution in [3.63, 3.8) is 0 Å². The van der Waals surface area contributed by atoms with Gasteiger partial charge in [0.05, 0.1) is 13.2 Å². The first-order valence-electron chi connectivity index (χ1n) is 7.09. The molecule has 0 saturated carbocycles. The van der Waals surface area contributed by atoms with E-state index in [9.17, 15) is 44.3 Å². The van der Waals surface area contributed by atoms with Crippen molar-refractivity contribution in [2.45, 2.75) is 30.4 Å².